The average molecular weight is 144 g/mol. The standard InChI is InChI=1S/C7H12O3/c8-6-3-1-2-5(6)4-7(9)10/h5-6,8H,1-4H2,(H,9,10)/t5-,6+/m1/s1. The van der Waals surface area contributed by atoms with Gasteiger partial charge in [0.2, 0.25) is 0 Å². The molecule has 0 unspecified atom stereocenters. The van der Waals surface area contributed by atoms with Gasteiger partial charge in [-0.2, -0.15) is 0 Å². The van der Waals surface area contributed by atoms with E-state index in [1.165, 1.54) is 0 Å². The molecule has 58 valence electrons. The molecule has 0 radical (unpaired) electrons. The second-order valence-electron chi connectivity index (χ2n) is 2.86. The first-order chi connectivity index (χ1) is 4.70. The van der Waals surface area contributed by atoms with Crippen LogP contribution in [-0.4, -0.2) is 22.3 Å². The fraction of sp³-hybridized carbons (Fsp3) is 0.857. The van der Waals surface area contributed by atoms with Crippen LogP contribution in [0.25, 0.3) is 0 Å². The van der Waals surface area contributed by atoms with Gasteiger partial charge in [-0.3, -0.25) is 4.79 Å². The third-order valence-electron chi connectivity index (χ3n) is 2.06. The Labute approximate surface area is 59.7 Å². The van der Waals surface area contributed by atoms with Crippen LogP contribution in [0.4, 0.5) is 0 Å². The molecular weight excluding hydrogens is 132 g/mol. The molecule has 0 bridgehead atoms. The molecule has 0 aromatic heterocycles. The molecule has 0 aromatic carbocycles. The van der Waals surface area contributed by atoms with Crippen LogP contribution < -0.4 is 0 Å². The molecule has 10 heavy (non-hydrogen) atoms. The van der Waals surface area contributed by atoms with Crippen molar-refractivity contribution in [1.29, 1.82) is 0 Å². The maximum absolute atomic E-state index is 10.2. The first kappa shape index (κ1) is 7.54. The number of carboxylic acid groups (broad SMARTS) is 1. The van der Waals surface area contributed by atoms with Crippen LogP contribution in [0, 0.1) is 5.92 Å². The Kier molecular flexibility index (Phi) is 2.27. The highest BCUT2D eigenvalue weighted by molar-refractivity contribution is 5.67. The van der Waals surface area contributed by atoms with Crippen molar-refractivity contribution in [2.75, 3.05) is 0 Å². The normalized spacial score (nSPS) is 32.5. The van der Waals surface area contributed by atoms with E-state index in [1.54, 1.807) is 0 Å². The molecule has 2 atom stereocenters. The van der Waals surface area contributed by atoms with Gasteiger partial charge in [-0.15, -0.1) is 0 Å². The highest BCUT2D eigenvalue weighted by Crippen LogP contribution is 2.27. The zero-order chi connectivity index (χ0) is 7.56. The van der Waals surface area contributed by atoms with Gasteiger partial charge in [0, 0.05) is 0 Å². The lowest BCUT2D eigenvalue weighted by Crippen LogP contribution is -2.16. The zero-order valence-corrected chi connectivity index (χ0v) is 5.79. The lowest BCUT2D eigenvalue weighted by molar-refractivity contribution is -0.138. The number of rotatable bonds is 2. The molecule has 3 heteroatoms. The second-order valence-corrected chi connectivity index (χ2v) is 2.86. The Balaban J connectivity index is 2.33. The first-order valence-corrected chi connectivity index (χ1v) is 3.60. The number of aliphatic hydroxyl groups excluding tert-OH is 1. The molecule has 2 N–H and O–H groups in total. The summed E-state index contributed by atoms with van der Waals surface area (Å²) in [6, 6.07) is 0. The predicted octanol–water partition coefficient (Wildman–Crippen LogP) is 0.622. The van der Waals surface area contributed by atoms with Gasteiger partial charge in [0.25, 0.3) is 0 Å². The highest BCUT2D eigenvalue weighted by atomic mass is 16.4. The van der Waals surface area contributed by atoms with Crippen LogP contribution in [0.2, 0.25) is 0 Å². The van der Waals surface area contributed by atoms with Crippen molar-refractivity contribution in [2.24, 2.45) is 5.92 Å². The van der Waals surface area contributed by atoms with Crippen molar-refractivity contribution in [3.8, 4) is 0 Å². The zero-order valence-electron chi connectivity index (χ0n) is 5.79. The van der Waals surface area contributed by atoms with Crippen molar-refractivity contribution in [2.45, 2.75) is 31.8 Å². The van der Waals surface area contributed by atoms with Crippen LogP contribution in [0.5, 0.6) is 0 Å². The third-order valence-corrected chi connectivity index (χ3v) is 2.06. The summed E-state index contributed by atoms with van der Waals surface area (Å²) in [5.41, 5.74) is 0. The number of aliphatic hydroxyl groups is 1. The molecule has 1 saturated carbocycles. The SMILES string of the molecule is O=C(O)C[C@H]1CCC[C@@H]1O. The maximum atomic E-state index is 10.2. The van der Waals surface area contributed by atoms with Crippen LogP contribution in [-0.2, 0) is 4.79 Å². The first-order valence-electron chi connectivity index (χ1n) is 3.60. The Morgan fingerprint density at radius 3 is 2.60 bits per heavy atom. The monoisotopic (exact) mass is 144 g/mol. The Morgan fingerprint density at radius 2 is 2.20 bits per heavy atom. The number of hydrogen-bond acceptors (Lipinski definition) is 2. The summed E-state index contributed by atoms with van der Waals surface area (Å²) in [5.74, 6) is -0.788. The summed E-state index contributed by atoms with van der Waals surface area (Å²) in [6.07, 6.45) is 2.38. The number of carboxylic acids is 1. The lowest BCUT2D eigenvalue weighted by atomic mass is 10.0. The van der Waals surface area contributed by atoms with Gasteiger partial charge in [0.05, 0.1) is 12.5 Å². The summed E-state index contributed by atoms with van der Waals surface area (Å²) in [5, 5.41) is 17.6. The largest absolute Gasteiger partial charge is 0.481 e. The molecule has 0 saturated heterocycles. The van der Waals surface area contributed by atoms with E-state index in [0.29, 0.717) is 0 Å². The van der Waals surface area contributed by atoms with Crippen molar-refractivity contribution in [3.63, 3.8) is 0 Å². The summed E-state index contributed by atoms with van der Waals surface area (Å²) in [7, 11) is 0. The minimum absolute atomic E-state index is 0.0116. The fourth-order valence-electron chi connectivity index (χ4n) is 1.48. The van der Waals surface area contributed by atoms with Crippen LogP contribution in [0.1, 0.15) is 25.7 Å². The minimum atomic E-state index is -0.800. The third kappa shape index (κ3) is 1.70. The molecule has 1 fully saturated rings. The molecule has 1 aliphatic rings. The van der Waals surface area contributed by atoms with E-state index >= 15 is 0 Å². The Morgan fingerprint density at radius 1 is 1.50 bits per heavy atom. The topological polar surface area (TPSA) is 57.5 Å². The summed E-state index contributed by atoms with van der Waals surface area (Å²) in [4.78, 5) is 10.2. The smallest absolute Gasteiger partial charge is 0.303 e. The van der Waals surface area contributed by atoms with Crippen LogP contribution in [0.3, 0.4) is 0 Å². The lowest BCUT2D eigenvalue weighted by Gasteiger charge is -2.09. The molecule has 1 rings (SSSR count). The van der Waals surface area contributed by atoms with E-state index in [1.807, 2.05) is 0 Å². The quantitative estimate of drug-likeness (QED) is 0.597. The van der Waals surface area contributed by atoms with E-state index in [9.17, 15) is 9.90 Å². The Bertz CT molecular complexity index is 133. The average Bonchev–Trinajstić information content (AvgIpc) is 2.15. The van der Waals surface area contributed by atoms with E-state index < -0.39 is 5.97 Å². The highest BCUT2D eigenvalue weighted by Gasteiger charge is 2.26. The summed E-state index contributed by atoms with van der Waals surface area (Å²) in [6.45, 7) is 0. The molecule has 3 nitrogen and oxygen atoms in total. The van der Waals surface area contributed by atoms with Crippen molar-refractivity contribution in [3.05, 3.63) is 0 Å². The fourth-order valence-corrected chi connectivity index (χ4v) is 1.48. The van der Waals surface area contributed by atoms with Crippen LogP contribution in [0.15, 0.2) is 0 Å². The van der Waals surface area contributed by atoms with Crippen LogP contribution >= 0.6 is 0 Å². The van der Waals surface area contributed by atoms with Gasteiger partial charge >= 0.3 is 5.97 Å². The van der Waals surface area contributed by atoms with E-state index in [2.05, 4.69) is 0 Å². The van der Waals surface area contributed by atoms with Gasteiger partial charge in [-0.25, -0.2) is 0 Å². The van der Waals surface area contributed by atoms with E-state index in [4.69, 9.17) is 5.11 Å². The summed E-state index contributed by atoms with van der Waals surface area (Å²) < 4.78 is 0. The Hall–Kier alpha value is -0.570. The molecule has 0 spiro atoms. The molecular formula is C7H12O3. The molecule has 0 aromatic rings. The number of carbonyl (C=O) groups is 1. The van der Waals surface area contributed by atoms with Gasteiger partial charge in [-0.05, 0) is 18.8 Å². The van der Waals surface area contributed by atoms with Crippen molar-refractivity contribution < 1.29 is 15.0 Å². The maximum Gasteiger partial charge on any atom is 0.303 e. The minimum Gasteiger partial charge on any atom is -0.481 e. The molecule has 0 heterocycles. The van der Waals surface area contributed by atoms with Crippen molar-refractivity contribution >= 4 is 5.97 Å². The van der Waals surface area contributed by atoms with E-state index in [-0.39, 0.29) is 18.4 Å². The van der Waals surface area contributed by atoms with Gasteiger partial charge < -0.3 is 10.2 Å². The van der Waals surface area contributed by atoms with Gasteiger partial charge in [0.1, 0.15) is 0 Å². The second kappa shape index (κ2) is 3.01. The van der Waals surface area contributed by atoms with E-state index in [0.717, 1.165) is 19.3 Å². The van der Waals surface area contributed by atoms with Gasteiger partial charge in [0.15, 0.2) is 0 Å². The number of hydrogen-bond donors (Lipinski definition) is 2. The van der Waals surface area contributed by atoms with Gasteiger partial charge in [-0.1, -0.05) is 6.42 Å². The molecule has 0 amide bonds. The van der Waals surface area contributed by atoms with Crippen molar-refractivity contribution in [1.82, 2.24) is 0 Å². The summed E-state index contributed by atoms with van der Waals surface area (Å²) >= 11 is 0. The predicted molar refractivity (Wildman–Crippen MR) is 35.6 cm³/mol. The molecule has 0 aliphatic heterocycles. The molecule has 1 aliphatic carbocycles. The number of aliphatic carboxylic acids is 1.